The zero-order valence-electron chi connectivity index (χ0n) is 16.5. The number of carbonyl (C=O) groups excluding carboxylic acids is 2. The molecule has 2 aromatic rings. The number of alkyl halides is 1. The minimum atomic E-state index is -1.11. The van der Waals surface area contributed by atoms with E-state index < -0.39 is 35.1 Å². The number of Topliss-reactive ketones (excluding diaryl/α,β-unsaturated/α-hetero) is 1. The molecule has 1 amide bonds. The van der Waals surface area contributed by atoms with Crippen LogP contribution in [-0.4, -0.2) is 34.0 Å². The number of aryl methyl sites for hydroxylation is 1. The van der Waals surface area contributed by atoms with Gasteiger partial charge in [-0.25, -0.2) is 4.39 Å². The van der Waals surface area contributed by atoms with Crippen molar-refractivity contribution in [1.29, 1.82) is 0 Å². The molecule has 1 aliphatic carbocycles. The van der Waals surface area contributed by atoms with E-state index in [1.807, 2.05) is 0 Å². The highest BCUT2D eigenvalue weighted by molar-refractivity contribution is 6.17. The molecule has 2 aliphatic heterocycles. The summed E-state index contributed by atoms with van der Waals surface area (Å²) in [4.78, 5) is 38.8. The molecule has 1 aromatic heterocycles. The van der Waals surface area contributed by atoms with Crippen LogP contribution in [-0.2, 0) is 14.3 Å². The van der Waals surface area contributed by atoms with E-state index in [4.69, 9.17) is 9.26 Å². The first-order valence-electron chi connectivity index (χ1n) is 9.95. The van der Waals surface area contributed by atoms with Crippen LogP contribution >= 0.6 is 0 Å². The summed E-state index contributed by atoms with van der Waals surface area (Å²) in [6, 6.07) is 6.27. The number of non-ortho nitro benzene ring substituents is 1. The van der Waals surface area contributed by atoms with E-state index in [0.29, 0.717) is 17.7 Å². The first-order chi connectivity index (χ1) is 14.8. The number of nitro groups is 1. The van der Waals surface area contributed by atoms with Gasteiger partial charge in [-0.3, -0.25) is 24.6 Å². The average molecular weight is 427 g/mol. The van der Waals surface area contributed by atoms with Crippen molar-refractivity contribution in [3.05, 3.63) is 63.1 Å². The number of anilines is 1. The monoisotopic (exact) mass is 427 g/mol. The number of ether oxygens (including phenoxy) is 1. The number of fused-ring (bicyclic) bond motifs is 1. The molecule has 0 saturated heterocycles. The SMILES string of the molecule is Cc1cc(N2C(=O)C3=C(C(=O)C4CC(F)CCC4O3)C2c2cccc([N+](=O)[O-])c2)no1. The summed E-state index contributed by atoms with van der Waals surface area (Å²) >= 11 is 0. The average Bonchev–Trinajstić information content (AvgIpc) is 3.30. The van der Waals surface area contributed by atoms with Gasteiger partial charge in [0.2, 0.25) is 0 Å². The molecule has 0 bridgehead atoms. The predicted octanol–water partition coefficient (Wildman–Crippen LogP) is 3.34. The third-order valence-corrected chi connectivity index (χ3v) is 6.04. The second kappa shape index (κ2) is 7.00. The number of carbonyl (C=O) groups is 2. The second-order valence-electron chi connectivity index (χ2n) is 8.01. The normalized spacial score (nSPS) is 27.7. The van der Waals surface area contributed by atoms with Crippen molar-refractivity contribution < 1.29 is 28.2 Å². The highest BCUT2D eigenvalue weighted by Gasteiger charge is 2.54. The zero-order chi connectivity index (χ0) is 21.9. The standard InChI is InChI=1S/C21H18FN3O6/c1-10-7-16(23-31-10)24-18(11-3-2-4-13(8-11)25(28)29)17-19(26)14-9-12(22)5-6-15(14)30-20(17)21(24)27/h2-4,7-8,12,14-15,18H,5-6,9H2,1H3. The number of aromatic nitrogens is 1. The predicted molar refractivity (Wildman–Crippen MR) is 104 cm³/mol. The number of nitrogens with zero attached hydrogens (tertiary/aromatic N) is 3. The largest absolute Gasteiger partial charge is 0.483 e. The van der Waals surface area contributed by atoms with Gasteiger partial charge in [-0.05, 0) is 31.7 Å². The molecule has 0 radical (unpaired) electrons. The summed E-state index contributed by atoms with van der Waals surface area (Å²) in [6.07, 6.45) is -1.04. The summed E-state index contributed by atoms with van der Waals surface area (Å²) in [5.74, 6) is -1.12. The Morgan fingerprint density at radius 1 is 1.26 bits per heavy atom. The molecular weight excluding hydrogens is 409 g/mol. The minimum Gasteiger partial charge on any atom is -0.483 e. The van der Waals surface area contributed by atoms with Gasteiger partial charge in [0.15, 0.2) is 17.4 Å². The van der Waals surface area contributed by atoms with Crippen LogP contribution in [0.4, 0.5) is 15.9 Å². The Morgan fingerprint density at radius 3 is 2.77 bits per heavy atom. The van der Waals surface area contributed by atoms with Crippen LogP contribution in [0.25, 0.3) is 0 Å². The van der Waals surface area contributed by atoms with E-state index in [1.54, 1.807) is 13.0 Å². The Kier molecular flexibility index (Phi) is 4.38. The van der Waals surface area contributed by atoms with E-state index in [-0.39, 0.29) is 41.5 Å². The smallest absolute Gasteiger partial charge is 0.295 e. The summed E-state index contributed by atoms with van der Waals surface area (Å²) in [7, 11) is 0. The van der Waals surface area contributed by atoms with E-state index in [0.717, 1.165) is 0 Å². The van der Waals surface area contributed by atoms with Crippen LogP contribution < -0.4 is 4.90 Å². The van der Waals surface area contributed by atoms with Crippen LogP contribution in [0.3, 0.4) is 0 Å². The van der Waals surface area contributed by atoms with Crippen LogP contribution in [0, 0.1) is 23.0 Å². The molecule has 3 heterocycles. The molecule has 0 spiro atoms. The van der Waals surface area contributed by atoms with Gasteiger partial charge in [-0.15, -0.1) is 0 Å². The number of amides is 1. The number of nitro benzene ring substituents is 1. The van der Waals surface area contributed by atoms with Crippen molar-refractivity contribution in [2.75, 3.05) is 4.90 Å². The van der Waals surface area contributed by atoms with Crippen molar-refractivity contribution in [3.63, 3.8) is 0 Å². The summed E-state index contributed by atoms with van der Waals surface area (Å²) in [5, 5.41) is 15.2. The number of halogens is 1. The van der Waals surface area contributed by atoms with Crippen LogP contribution in [0.1, 0.15) is 36.6 Å². The Hall–Kier alpha value is -3.56. The topological polar surface area (TPSA) is 116 Å². The fourth-order valence-electron chi connectivity index (χ4n) is 4.64. The number of ketones is 1. The van der Waals surface area contributed by atoms with Gasteiger partial charge in [-0.1, -0.05) is 17.3 Å². The van der Waals surface area contributed by atoms with Crippen molar-refractivity contribution in [2.24, 2.45) is 5.92 Å². The summed E-state index contributed by atoms with van der Waals surface area (Å²) < 4.78 is 25.1. The third kappa shape index (κ3) is 3.01. The molecule has 160 valence electrons. The highest BCUT2D eigenvalue weighted by Crippen LogP contribution is 2.48. The molecular formula is C21H18FN3O6. The van der Waals surface area contributed by atoms with Crippen molar-refractivity contribution in [3.8, 4) is 0 Å². The second-order valence-corrected chi connectivity index (χ2v) is 8.01. The quantitative estimate of drug-likeness (QED) is 0.545. The molecule has 1 aromatic carbocycles. The van der Waals surface area contributed by atoms with Crippen molar-refractivity contribution in [2.45, 2.75) is 44.5 Å². The van der Waals surface area contributed by atoms with Crippen molar-refractivity contribution >= 4 is 23.2 Å². The lowest BCUT2D eigenvalue weighted by Gasteiger charge is -2.36. The molecule has 4 unspecified atom stereocenters. The van der Waals surface area contributed by atoms with Gasteiger partial charge in [0, 0.05) is 18.2 Å². The Balaban J connectivity index is 1.66. The van der Waals surface area contributed by atoms with Crippen LogP contribution in [0.5, 0.6) is 0 Å². The number of benzene rings is 1. The van der Waals surface area contributed by atoms with Gasteiger partial charge in [0.25, 0.3) is 11.6 Å². The molecule has 4 atom stereocenters. The Bertz CT molecular complexity index is 1140. The molecule has 10 heteroatoms. The van der Waals surface area contributed by atoms with Gasteiger partial charge in [0.05, 0.1) is 22.5 Å². The van der Waals surface area contributed by atoms with E-state index in [1.165, 1.54) is 29.2 Å². The molecule has 1 saturated carbocycles. The van der Waals surface area contributed by atoms with E-state index in [9.17, 15) is 24.1 Å². The lowest BCUT2D eigenvalue weighted by Crippen LogP contribution is -2.42. The van der Waals surface area contributed by atoms with Gasteiger partial charge >= 0.3 is 0 Å². The van der Waals surface area contributed by atoms with Crippen LogP contribution in [0.15, 0.2) is 46.2 Å². The number of hydrogen-bond acceptors (Lipinski definition) is 7. The third-order valence-electron chi connectivity index (χ3n) is 6.04. The first-order valence-corrected chi connectivity index (χ1v) is 9.95. The number of rotatable bonds is 3. The fraction of sp³-hybridized carbons (Fsp3) is 0.381. The van der Waals surface area contributed by atoms with Gasteiger partial charge in [-0.2, -0.15) is 0 Å². The fourth-order valence-corrected chi connectivity index (χ4v) is 4.64. The molecule has 3 aliphatic rings. The molecule has 31 heavy (non-hydrogen) atoms. The first kappa shape index (κ1) is 19.4. The number of hydrogen-bond donors (Lipinski definition) is 0. The van der Waals surface area contributed by atoms with Crippen LogP contribution in [0.2, 0.25) is 0 Å². The molecule has 5 rings (SSSR count). The van der Waals surface area contributed by atoms with Gasteiger partial charge < -0.3 is 9.26 Å². The van der Waals surface area contributed by atoms with Crippen molar-refractivity contribution in [1.82, 2.24) is 5.16 Å². The lowest BCUT2D eigenvalue weighted by atomic mass is 9.77. The minimum absolute atomic E-state index is 0.0270. The summed E-state index contributed by atoms with van der Waals surface area (Å²) in [5.41, 5.74) is 0.261. The van der Waals surface area contributed by atoms with Gasteiger partial charge in [0.1, 0.15) is 18.0 Å². The molecule has 0 N–H and O–H groups in total. The summed E-state index contributed by atoms with van der Waals surface area (Å²) in [6.45, 7) is 1.66. The van der Waals surface area contributed by atoms with E-state index >= 15 is 0 Å². The maximum absolute atomic E-state index is 14.1. The molecule has 1 fully saturated rings. The molecule has 9 nitrogen and oxygen atoms in total. The maximum atomic E-state index is 14.1. The van der Waals surface area contributed by atoms with E-state index in [2.05, 4.69) is 5.16 Å². The Labute approximate surface area is 175 Å². The maximum Gasteiger partial charge on any atom is 0.295 e. The highest BCUT2D eigenvalue weighted by atomic mass is 19.1. The Morgan fingerprint density at radius 2 is 2.06 bits per heavy atom. The lowest BCUT2D eigenvalue weighted by molar-refractivity contribution is -0.384. The zero-order valence-corrected chi connectivity index (χ0v) is 16.5.